The van der Waals surface area contributed by atoms with Crippen molar-refractivity contribution < 1.29 is 9.18 Å². The fraction of sp³-hybridized carbons (Fsp3) is 0.611. The molecule has 126 valence electrons. The number of carbonyl (C=O) groups is 1. The van der Waals surface area contributed by atoms with Crippen LogP contribution in [0.3, 0.4) is 0 Å². The van der Waals surface area contributed by atoms with E-state index in [1.807, 2.05) is 17.0 Å². The van der Waals surface area contributed by atoms with Crippen molar-refractivity contribution >= 4 is 5.91 Å². The van der Waals surface area contributed by atoms with Gasteiger partial charge in [0.05, 0.1) is 0 Å². The number of benzene rings is 1. The molecule has 3 rings (SSSR count). The summed E-state index contributed by atoms with van der Waals surface area (Å²) in [5.74, 6) is 0.634. The van der Waals surface area contributed by atoms with Gasteiger partial charge < -0.3 is 4.90 Å². The van der Waals surface area contributed by atoms with E-state index in [-0.39, 0.29) is 11.7 Å². The molecule has 0 radical (unpaired) electrons. The smallest absolute Gasteiger partial charge is 0.219 e. The number of carbonyl (C=O) groups excluding carboxylic acids is 1. The van der Waals surface area contributed by atoms with Crippen LogP contribution in [0.2, 0.25) is 0 Å². The summed E-state index contributed by atoms with van der Waals surface area (Å²) >= 11 is 0. The van der Waals surface area contributed by atoms with Gasteiger partial charge in [-0.05, 0) is 12.0 Å². The highest BCUT2D eigenvalue weighted by molar-refractivity contribution is 5.73. The Morgan fingerprint density at radius 3 is 2.52 bits per heavy atom. The third-order valence-corrected chi connectivity index (χ3v) is 5.23. The molecule has 0 N–H and O–H groups in total. The number of hydrogen-bond acceptors (Lipinski definition) is 3. The van der Waals surface area contributed by atoms with Crippen LogP contribution in [-0.2, 0) is 11.3 Å². The molecule has 2 heterocycles. The molecular formula is C18H26FN3O. The van der Waals surface area contributed by atoms with Crippen LogP contribution < -0.4 is 0 Å². The van der Waals surface area contributed by atoms with Crippen molar-refractivity contribution in [3.05, 3.63) is 35.6 Å². The Morgan fingerprint density at radius 2 is 1.87 bits per heavy atom. The monoisotopic (exact) mass is 319 g/mol. The SMILES string of the molecule is CC(=O)N1CCN(C2CN(Cc3ccccc3F)CC2C)CC1. The second-order valence-corrected chi connectivity index (χ2v) is 6.87. The minimum absolute atomic E-state index is 0.112. The summed E-state index contributed by atoms with van der Waals surface area (Å²) in [6.07, 6.45) is 0. The van der Waals surface area contributed by atoms with Gasteiger partial charge in [0.25, 0.3) is 0 Å². The van der Waals surface area contributed by atoms with Gasteiger partial charge in [0.1, 0.15) is 5.82 Å². The first kappa shape index (κ1) is 16.4. The second kappa shape index (κ2) is 6.97. The summed E-state index contributed by atoms with van der Waals surface area (Å²) in [5.41, 5.74) is 0.779. The number of piperazine rings is 1. The third-order valence-electron chi connectivity index (χ3n) is 5.23. The molecule has 0 saturated carbocycles. The number of rotatable bonds is 3. The first-order valence-corrected chi connectivity index (χ1v) is 8.50. The van der Waals surface area contributed by atoms with Gasteiger partial charge in [0.15, 0.2) is 0 Å². The predicted octanol–water partition coefficient (Wildman–Crippen LogP) is 1.81. The van der Waals surface area contributed by atoms with Crippen molar-refractivity contribution in [1.29, 1.82) is 0 Å². The zero-order valence-electron chi connectivity index (χ0n) is 14.0. The maximum atomic E-state index is 13.8. The topological polar surface area (TPSA) is 26.8 Å². The molecule has 0 bridgehead atoms. The predicted molar refractivity (Wildman–Crippen MR) is 88.5 cm³/mol. The molecule has 5 heteroatoms. The summed E-state index contributed by atoms with van der Waals surface area (Å²) in [5, 5.41) is 0. The second-order valence-electron chi connectivity index (χ2n) is 6.87. The van der Waals surface area contributed by atoms with Crippen molar-refractivity contribution in [2.75, 3.05) is 39.3 Å². The molecule has 1 amide bonds. The molecule has 2 atom stereocenters. The van der Waals surface area contributed by atoms with Gasteiger partial charge in [0, 0.05) is 64.3 Å². The summed E-state index contributed by atoms with van der Waals surface area (Å²) in [7, 11) is 0. The van der Waals surface area contributed by atoms with Gasteiger partial charge in [-0.3, -0.25) is 14.6 Å². The Labute approximate surface area is 137 Å². The van der Waals surface area contributed by atoms with E-state index in [4.69, 9.17) is 0 Å². The molecule has 0 aliphatic carbocycles. The molecule has 2 saturated heterocycles. The van der Waals surface area contributed by atoms with Crippen LogP contribution in [0.1, 0.15) is 19.4 Å². The van der Waals surface area contributed by atoms with Gasteiger partial charge in [-0.2, -0.15) is 0 Å². The lowest BCUT2D eigenvalue weighted by molar-refractivity contribution is -0.130. The van der Waals surface area contributed by atoms with Gasteiger partial charge >= 0.3 is 0 Å². The van der Waals surface area contributed by atoms with Gasteiger partial charge in [-0.15, -0.1) is 0 Å². The maximum absolute atomic E-state index is 13.8. The number of likely N-dealkylation sites (tertiary alicyclic amines) is 1. The fourth-order valence-electron chi connectivity index (χ4n) is 3.89. The van der Waals surface area contributed by atoms with Crippen LogP contribution in [0, 0.1) is 11.7 Å². The highest BCUT2D eigenvalue weighted by Crippen LogP contribution is 2.25. The van der Waals surface area contributed by atoms with E-state index in [0.717, 1.165) is 44.8 Å². The molecule has 0 spiro atoms. The third kappa shape index (κ3) is 3.72. The molecule has 0 aromatic heterocycles. The number of amides is 1. The molecule has 1 aromatic carbocycles. The van der Waals surface area contributed by atoms with Crippen LogP contribution in [0.4, 0.5) is 4.39 Å². The van der Waals surface area contributed by atoms with E-state index in [1.54, 1.807) is 13.0 Å². The highest BCUT2D eigenvalue weighted by Gasteiger charge is 2.35. The molecule has 2 fully saturated rings. The van der Waals surface area contributed by atoms with Crippen LogP contribution in [0.15, 0.2) is 24.3 Å². The van der Waals surface area contributed by atoms with E-state index in [0.29, 0.717) is 18.5 Å². The van der Waals surface area contributed by atoms with Crippen LogP contribution in [0.5, 0.6) is 0 Å². The van der Waals surface area contributed by atoms with E-state index < -0.39 is 0 Å². The first-order valence-electron chi connectivity index (χ1n) is 8.50. The summed E-state index contributed by atoms with van der Waals surface area (Å²) in [6.45, 7) is 10.1. The zero-order chi connectivity index (χ0) is 16.4. The lowest BCUT2D eigenvalue weighted by Crippen LogP contribution is -2.53. The Hall–Kier alpha value is -1.46. The van der Waals surface area contributed by atoms with E-state index in [2.05, 4.69) is 16.7 Å². The number of halogens is 1. The minimum atomic E-state index is -0.112. The van der Waals surface area contributed by atoms with Crippen LogP contribution >= 0.6 is 0 Å². The summed E-state index contributed by atoms with van der Waals surface area (Å²) in [4.78, 5) is 18.2. The first-order chi connectivity index (χ1) is 11.0. The quantitative estimate of drug-likeness (QED) is 0.850. The Kier molecular flexibility index (Phi) is 4.97. The molecule has 4 nitrogen and oxygen atoms in total. The summed E-state index contributed by atoms with van der Waals surface area (Å²) in [6, 6.07) is 7.56. The molecule has 1 aromatic rings. The molecule has 23 heavy (non-hydrogen) atoms. The molecule has 2 aliphatic rings. The van der Waals surface area contributed by atoms with Crippen molar-refractivity contribution in [2.45, 2.75) is 26.4 Å². The average Bonchev–Trinajstić information content (AvgIpc) is 2.90. The van der Waals surface area contributed by atoms with Gasteiger partial charge in [-0.25, -0.2) is 4.39 Å². The number of hydrogen-bond donors (Lipinski definition) is 0. The highest BCUT2D eigenvalue weighted by atomic mass is 19.1. The maximum Gasteiger partial charge on any atom is 0.219 e. The van der Waals surface area contributed by atoms with Gasteiger partial charge in [0.2, 0.25) is 5.91 Å². The van der Waals surface area contributed by atoms with Crippen molar-refractivity contribution in [1.82, 2.24) is 14.7 Å². The average molecular weight is 319 g/mol. The van der Waals surface area contributed by atoms with Crippen LogP contribution in [-0.4, -0.2) is 65.9 Å². The fourth-order valence-corrected chi connectivity index (χ4v) is 3.89. The van der Waals surface area contributed by atoms with Crippen molar-refractivity contribution in [3.8, 4) is 0 Å². The normalized spacial score (nSPS) is 26.7. The Bertz CT molecular complexity index is 557. The standard InChI is InChI=1S/C18H26FN3O/c1-14-11-20(12-16-5-3-4-6-17(16)19)13-18(14)22-9-7-21(8-10-22)15(2)23/h3-6,14,18H,7-13H2,1-2H3. The lowest BCUT2D eigenvalue weighted by Gasteiger charge is -2.39. The van der Waals surface area contributed by atoms with E-state index in [1.165, 1.54) is 6.07 Å². The largest absolute Gasteiger partial charge is 0.340 e. The minimum Gasteiger partial charge on any atom is -0.340 e. The summed E-state index contributed by atoms with van der Waals surface area (Å²) < 4.78 is 13.8. The van der Waals surface area contributed by atoms with Gasteiger partial charge in [-0.1, -0.05) is 25.1 Å². The lowest BCUT2D eigenvalue weighted by atomic mass is 10.0. The molecular weight excluding hydrogens is 293 g/mol. The van der Waals surface area contributed by atoms with E-state index in [9.17, 15) is 9.18 Å². The molecule has 2 unspecified atom stereocenters. The molecule has 2 aliphatic heterocycles. The van der Waals surface area contributed by atoms with E-state index >= 15 is 0 Å². The van der Waals surface area contributed by atoms with Crippen molar-refractivity contribution in [2.24, 2.45) is 5.92 Å². The van der Waals surface area contributed by atoms with Crippen LogP contribution in [0.25, 0.3) is 0 Å². The number of nitrogens with zero attached hydrogens (tertiary/aromatic N) is 3. The zero-order valence-corrected chi connectivity index (χ0v) is 14.0. The van der Waals surface area contributed by atoms with Crippen molar-refractivity contribution in [3.63, 3.8) is 0 Å². The Balaban J connectivity index is 1.57. The Morgan fingerprint density at radius 1 is 1.17 bits per heavy atom.